The van der Waals surface area contributed by atoms with E-state index >= 15 is 0 Å². The molecular formula is C17H23N3O4. The van der Waals surface area contributed by atoms with E-state index in [4.69, 9.17) is 0 Å². The van der Waals surface area contributed by atoms with Crippen molar-refractivity contribution in [1.29, 1.82) is 0 Å². The molecule has 0 spiro atoms. The van der Waals surface area contributed by atoms with Crippen molar-refractivity contribution in [2.75, 3.05) is 25.0 Å². The molecule has 1 aliphatic heterocycles. The Labute approximate surface area is 141 Å². The molecule has 0 bridgehead atoms. The van der Waals surface area contributed by atoms with E-state index in [1.807, 2.05) is 4.90 Å². The van der Waals surface area contributed by atoms with Gasteiger partial charge in [0, 0.05) is 37.7 Å². The number of carbonyl (C=O) groups is 2. The number of nitrogens with zero attached hydrogens (tertiary/aromatic N) is 2. The Kier molecular flexibility index (Phi) is 6.28. The van der Waals surface area contributed by atoms with Gasteiger partial charge in [-0.05, 0) is 38.3 Å². The van der Waals surface area contributed by atoms with Crippen LogP contribution in [0.3, 0.4) is 0 Å². The molecule has 7 nitrogen and oxygen atoms in total. The van der Waals surface area contributed by atoms with E-state index in [1.54, 1.807) is 12.1 Å². The summed E-state index contributed by atoms with van der Waals surface area (Å²) in [5.41, 5.74) is 0.614. The molecule has 0 aliphatic carbocycles. The predicted octanol–water partition coefficient (Wildman–Crippen LogP) is 3.00. The van der Waals surface area contributed by atoms with Crippen LogP contribution in [-0.2, 0) is 4.79 Å². The van der Waals surface area contributed by atoms with Gasteiger partial charge in [-0.15, -0.1) is 0 Å². The summed E-state index contributed by atoms with van der Waals surface area (Å²) >= 11 is 0. The summed E-state index contributed by atoms with van der Waals surface area (Å²) in [6.07, 6.45) is 4.43. The van der Waals surface area contributed by atoms with Crippen LogP contribution in [0.15, 0.2) is 18.2 Å². The Morgan fingerprint density at radius 2 is 2.12 bits per heavy atom. The molecule has 1 fully saturated rings. The Bertz CT molecular complexity index is 630. The molecule has 1 aromatic rings. The van der Waals surface area contributed by atoms with Gasteiger partial charge in [-0.2, -0.15) is 0 Å². The zero-order chi connectivity index (χ0) is 17.5. The number of likely N-dealkylation sites (tertiary alicyclic amines) is 1. The minimum atomic E-state index is -0.493. The summed E-state index contributed by atoms with van der Waals surface area (Å²) in [5.74, 6) is -0.00591. The van der Waals surface area contributed by atoms with Crippen molar-refractivity contribution in [2.24, 2.45) is 0 Å². The van der Waals surface area contributed by atoms with E-state index in [-0.39, 0.29) is 17.4 Å². The van der Waals surface area contributed by atoms with Gasteiger partial charge in [0.1, 0.15) is 5.69 Å². The first-order valence-electron chi connectivity index (χ1n) is 8.30. The maximum absolute atomic E-state index is 11.9. The van der Waals surface area contributed by atoms with Crippen LogP contribution in [0, 0.1) is 10.1 Å². The number of hydrogen-bond acceptors (Lipinski definition) is 5. The van der Waals surface area contributed by atoms with Gasteiger partial charge in [-0.25, -0.2) is 0 Å². The number of amides is 1. The average molecular weight is 333 g/mol. The normalized spacial score (nSPS) is 15.0. The molecule has 1 heterocycles. The summed E-state index contributed by atoms with van der Waals surface area (Å²) in [5, 5.41) is 14.2. The van der Waals surface area contributed by atoms with Gasteiger partial charge in [0.25, 0.3) is 5.69 Å². The van der Waals surface area contributed by atoms with Crippen molar-refractivity contribution in [2.45, 2.75) is 39.0 Å². The van der Waals surface area contributed by atoms with E-state index in [9.17, 15) is 19.7 Å². The molecule has 1 amide bonds. The van der Waals surface area contributed by atoms with Crippen LogP contribution in [0.5, 0.6) is 0 Å². The summed E-state index contributed by atoms with van der Waals surface area (Å²) in [4.78, 5) is 35.8. The SMILES string of the molecule is CC(=O)c1ccc(NCCCN2CCCCCC2=O)c([N+](=O)[O-])c1. The van der Waals surface area contributed by atoms with E-state index in [1.165, 1.54) is 13.0 Å². The Morgan fingerprint density at radius 1 is 1.33 bits per heavy atom. The van der Waals surface area contributed by atoms with Gasteiger partial charge < -0.3 is 10.2 Å². The molecule has 0 atom stereocenters. The van der Waals surface area contributed by atoms with Crippen molar-refractivity contribution in [1.82, 2.24) is 4.90 Å². The number of carbonyl (C=O) groups excluding carboxylic acids is 2. The lowest BCUT2D eigenvalue weighted by Crippen LogP contribution is -2.32. The fourth-order valence-electron chi connectivity index (χ4n) is 2.82. The van der Waals surface area contributed by atoms with Crippen molar-refractivity contribution < 1.29 is 14.5 Å². The van der Waals surface area contributed by atoms with Gasteiger partial charge in [-0.1, -0.05) is 6.42 Å². The van der Waals surface area contributed by atoms with Crippen LogP contribution in [0.4, 0.5) is 11.4 Å². The summed E-state index contributed by atoms with van der Waals surface area (Å²) in [6, 6.07) is 4.44. The summed E-state index contributed by atoms with van der Waals surface area (Å²) < 4.78 is 0. The van der Waals surface area contributed by atoms with E-state index in [0.717, 1.165) is 32.2 Å². The lowest BCUT2D eigenvalue weighted by atomic mass is 10.1. The predicted molar refractivity (Wildman–Crippen MR) is 91.3 cm³/mol. The van der Waals surface area contributed by atoms with E-state index in [2.05, 4.69) is 5.32 Å². The second kappa shape index (κ2) is 8.42. The first-order chi connectivity index (χ1) is 11.5. The number of benzene rings is 1. The van der Waals surface area contributed by atoms with Crippen molar-refractivity contribution in [3.05, 3.63) is 33.9 Å². The highest BCUT2D eigenvalue weighted by molar-refractivity contribution is 5.95. The molecule has 0 aromatic heterocycles. The monoisotopic (exact) mass is 333 g/mol. The lowest BCUT2D eigenvalue weighted by molar-refractivity contribution is -0.384. The molecule has 1 aromatic carbocycles. The van der Waals surface area contributed by atoms with E-state index in [0.29, 0.717) is 30.8 Å². The number of ketones is 1. The number of nitro groups is 1. The summed E-state index contributed by atoms with van der Waals surface area (Å²) in [7, 11) is 0. The van der Waals surface area contributed by atoms with Gasteiger partial charge in [0.05, 0.1) is 4.92 Å². The Balaban J connectivity index is 1.90. The van der Waals surface area contributed by atoms with Crippen molar-refractivity contribution in [3.63, 3.8) is 0 Å². The number of Topliss-reactive ketones (excluding diaryl/α,β-unsaturated/α-hetero) is 1. The molecule has 130 valence electrons. The number of nitrogens with one attached hydrogen (secondary N) is 1. The third kappa shape index (κ3) is 4.78. The molecule has 7 heteroatoms. The minimum absolute atomic E-state index is 0.103. The van der Waals surface area contributed by atoms with E-state index < -0.39 is 4.92 Å². The van der Waals surface area contributed by atoms with Crippen molar-refractivity contribution >= 4 is 23.1 Å². The Morgan fingerprint density at radius 3 is 2.83 bits per heavy atom. The molecule has 0 radical (unpaired) electrons. The molecule has 1 saturated heterocycles. The summed E-state index contributed by atoms with van der Waals surface area (Å²) in [6.45, 7) is 3.37. The van der Waals surface area contributed by atoms with Crippen molar-refractivity contribution in [3.8, 4) is 0 Å². The van der Waals surface area contributed by atoms with Crippen LogP contribution in [0.2, 0.25) is 0 Å². The van der Waals surface area contributed by atoms with Crippen LogP contribution < -0.4 is 5.32 Å². The molecule has 1 N–H and O–H groups in total. The van der Waals surface area contributed by atoms with Crippen LogP contribution in [0.25, 0.3) is 0 Å². The number of anilines is 1. The van der Waals surface area contributed by atoms with Gasteiger partial charge in [0.2, 0.25) is 5.91 Å². The minimum Gasteiger partial charge on any atom is -0.379 e. The molecule has 2 rings (SSSR count). The van der Waals surface area contributed by atoms with Gasteiger partial charge in [0.15, 0.2) is 5.78 Å². The van der Waals surface area contributed by atoms with Crippen LogP contribution >= 0.6 is 0 Å². The van der Waals surface area contributed by atoms with Crippen LogP contribution in [0.1, 0.15) is 49.4 Å². The highest BCUT2D eigenvalue weighted by atomic mass is 16.6. The largest absolute Gasteiger partial charge is 0.379 e. The fraction of sp³-hybridized carbons (Fsp3) is 0.529. The maximum atomic E-state index is 11.9. The number of rotatable bonds is 7. The Hall–Kier alpha value is -2.44. The lowest BCUT2D eigenvalue weighted by Gasteiger charge is -2.20. The first kappa shape index (κ1) is 17.9. The fourth-order valence-corrected chi connectivity index (χ4v) is 2.82. The molecule has 24 heavy (non-hydrogen) atoms. The quantitative estimate of drug-likeness (QED) is 0.358. The standard InChI is InChI=1S/C17H23N3O4/c1-13(21)14-7-8-15(16(12-14)20(23)24)18-9-5-11-19-10-4-2-3-6-17(19)22/h7-8,12,18H,2-6,9-11H2,1H3. The molecule has 0 saturated carbocycles. The second-order valence-corrected chi connectivity index (χ2v) is 6.02. The highest BCUT2D eigenvalue weighted by Crippen LogP contribution is 2.25. The van der Waals surface area contributed by atoms with Gasteiger partial charge >= 0.3 is 0 Å². The van der Waals surface area contributed by atoms with Crippen LogP contribution in [-0.4, -0.2) is 41.1 Å². The average Bonchev–Trinajstić information content (AvgIpc) is 2.75. The topological polar surface area (TPSA) is 92.6 Å². The third-order valence-electron chi connectivity index (χ3n) is 4.19. The second-order valence-electron chi connectivity index (χ2n) is 6.02. The molecule has 1 aliphatic rings. The molecular weight excluding hydrogens is 310 g/mol. The maximum Gasteiger partial charge on any atom is 0.293 e. The number of nitro benzene ring substituents is 1. The highest BCUT2D eigenvalue weighted by Gasteiger charge is 2.17. The third-order valence-corrected chi connectivity index (χ3v) is 4.19. The van der Waals surface area contributed by atoms with Gasteiger partial charge in [-0.3, -0.25) is 19.7 Å². The number of hydrogen-bond donors (Lipinski definition) is 1. The molecule has 0 unspecified atom stereocenters. The first-order valence-corrected chi connectivity index (χ1v) is 8.30. The smallest absolute Gasteiger partial charge is 0.293 e. The zero-order valence-electron chi connectivity index (χ0n) is 13.9. The zero-order valence-corrected chi connectivity index (χ0v) is 13.9.